The molecule has 102 valence electrons. The van der Waals surface area contributed by atoms with E-state index < -0.39 is 15.8 Å². The molecule has 0 heterocycles. The summed E-state index contributed by atoms with van der Waals surface area (Å²) in [7, 11) is -3.47. The lowest BCUT2D eigenvalue weighted by atomic mass is 10.1. The van der Waals surface area contributed by atoms with Crippen molar-refractivity contribution in [3.05, 3.63) is 24.0 Å². The highest BCUT2D eigenvalue weighted by atomic mass is 32.2. The molecule has 1 aromatic rings. The minimum absolute atomic E-state index is 0.0355. The van der Waals surface area contributed by atoms with Crippen molar-refractivity contribution in [2.75, 3.05) is 22.8 Å². The maximum atomic E-state index is 13.4. The van der Waals surface area contributed by atoms with E-state index in [-0.39, 0.29) is 5.69 Å². The summed E-state index contributed by atoms with van der Waals surface area (Å²) in [5.74, 6) is -0.0871. The zero-order chi connectivity index (χ0) is 13.8. The van der Waals surface area contributed by atoms with Crippen LogP contribution >= 0.6 is 0 Å². The Balaban J connectivity index is 2.81. The highest BCUT2D eigenvalue weighted by Gasteiger charge is 2.08. The molecule has 0 aromatic heterocycles. The lowest BCUT2D eigenvalue weighted by Gasteiger charge is -2.13. The van der Waals surface area contributed by atoms with Gasteiger partial charge in [-0.25, -0.2) is 12.8 Å². The second kappa shape index (κ2) is 6.04. The first-order valence-electron chi connectivity index (χ1n) is 5.83. The molecule has 1 atom stereocenters. The van der Waals surface area contributed by atoms with Crippen LogP contribution in [0.25, 0.3) is 0 Å². The summed E-state index contributed by atoms with van der Waals surface area (Å²) in [5, 5.41) is 3.15. The van der Waals surface area contributed by atoms with E-state index in [9.17, 15) is 12.8 Å². The molecule has 6 heteroatoms. The van der Waals surface area contributed by atoms with E-state index in [1.54, 1.807) is 6.07 Å². The van der Waals surface area contributed by atoms with E-state index in [1.807, 2.05) is 0 Å². The Morgan fingerprint density at radius 2 is 2.06 bits per heavy atom. The van der Waals surface area contributed by atoms with E-state index in [4.69, 9.17) is 0 Å². The second-order valence-corrected chi connectivity index (χ2v) is 6.21. The average molecular weight is 274 g/mol. The third-order valence-corrected chi connectivity index (χ3v) is 3.20. The van der Waals surface area contributed by atoms with Crippen molar-refractivity contribution >= 4 is 21.4 Å². The van der Waals surface area contributed by atoms with Crippen LogP contribution in [0.4, 0.5) is 15.8 Å². The van der Waals surface area contributed by atoms with Gasteiger partial charge in [-0.3, -0.25) is 4.72 Å². The summed E-state index contributed by atoms with van der Waals surface area (Å²) >= 11 is 0. The fourth-order valence-electron chi connectivity index (χ4n) is 1.35. The van der Waals surface area contributed by atoms with Crippen LogP contribution in [0.5, 0.6) is 0 Å². The van der Waals surface area contributed by atoms with Gasteiger partial charge >= 0.3 is 0 Å². The minimum atomic E-state index is -3.47. The number of anilines is 2. The van der Waals surface area contributed by atoms with Crippen molar-refractivity contribution in [1.29, 1.82) is 0 Å². The third-order valence-electron chi connectivity index (χ3n) is 2.61. The lowest BCUT2D eigenvalue weighted by Crippen LogP contribution is -2.13. The molecule has 1 aromatic carbocycles. The summed E-state index contributed by atoms with van der Waals surface area (Å²) in [5.41, 5.74) is 0.662. The lowest BCUT2D eigenvalue weighted by molar-refractivity contribution is 0.593. The molecule has 0 aliphatic heterocycles. The average Bonchev–Trinajstić information content (AvgIpc) is 2.28. The summed E-state index contributed by atoms with van der Waals surface area (Å²) in [6.45, 7) is 4.96. The SMILES string of the molecule is CCC(C)CNc1ccc(F)c(NS(C)(=O)=O)c1. The maximum absolute atomic E-state index is 13.4. The van der Waals surface area contributed by atoms with Crippen LogP contribution < -0.4 is 10.0 Å². The van der Waals surface area contributed by atoms with E-state index in [1.165, 1.54) is 12.1 Å². The first kappa shape index (κ1) is 14.8. The first-order valence-corrected chi connectivity index (χ1v) is 7.72. The molecule has 2 N–H and O–H groups in total. The topological polar surface area (TPSA) is 58.2 Å². The van der Waals surface area contributed by atoms with Gasteiger partial charge < -0.3 is 5.32 Å². The number of sulfonamides is 1. The van der Waals surface area contributed by atoms with E-state index in [0.29, 0.717) is 11.6 Å². The number of hydrogen-bond donors (Lipinski definition) is 2. The summed E-state index contributed by atoms with van der Waals surface area (Å²) in [4.78, 5) is 0. The largest absolute Gasteiger partial charge is 0.385 e. The summed E-state index contributed by atoms with van der Waals surface area (Å²) < 4.78 is 37.7. The molecule has 0 amide bonds. The predicted molar refractivity (Wildman–Crippen MR) is 72.8 cm³/mol. The van der Waals surface area contributed by atoms with Crippen LogP contribution in [0, 0.1) is 11.7 Å². The normalized spacial score (nSPS) is 13.1. The van der Waals surface area contributed by atoms with Gasteiger partial charge in [-0.15, -0.1) is 0 Å². The Hall–Kier alpha value is -1.30. The van der Waals surface area contributed by atoms with Gasteiger partial charge in [0.05, 0.1) is 11.9 Å². The molecule has 1 rings (SSSR count). The quantitative estimate of drug-likeness (QED) is 0.838. The maximum Gasteiger partial charge on any atom is 0.229 e. The van der Waals surface area contributed by atoms with Crippen LogP contribution in [0.1, 0.15) is 20.3 Å². The second-order valence-electron chi connectivity index (χ2n) is 4.46. The molecule has 0 radical (unpaired) electrons. The van der Waals surface area contributed by atoms with Gasteiger partial charge in [0, 0.05) is 12.2 Å². The van der Waals surface area contributed by atoms with Crippen molar-refractivity contribution < 1.29 is 12.8 Å². The van der Waals surface area contributed by atoms with Gasteiger partial charge in [-0.2, -0.15) is 0 Å². The minimum Gasteiger partial charge on any atom is -0.385 e. The Kier molecular flexibility index (Phi) is 4.95. The van der Waals surface area contributed by atoms with Crippen molar-refractivity contribution in [2.24, 2.45) is 5.92 Å². The van der Waals surface area contributed by atoms with Crippen molar-refractivity contribution in [1.82, 2.24) is 0 Å². The van der Waals surface area contributed by atoms with Gasteiger partial charge in [0.2, 0.25) is 10.0 Å². The number of benzene rings is 1. The molecule has 0 aliphatic rings. The molecular weight excluding hydrogens is 255 g/mol. The van der Waals surface area contributed by atoms with E-state index in [0.717, 1.165) is 19.2 Å². The summed E-state index contributed by atoms with van der Waals surface area (Å²) in [6.07, 6.45) is 2.04. The Labute approximate surface area is 108 Å². The fourth-order valence-corrected chi connectivity index (χ4v) is 1.91. The van der Waals surface area contributed by atoms with Gasteiger partial charge in [0.1, 0.15) is 5.82 Å². The Bertz CT molecular complexity index is 503. The molecule has 1 unspecified atom stereocenters. The molecule has 0 saturated heterocycles. The van der Waals surface area contributed by atoms with Crippen molar-refractivity contribution in [2.45, 2.75) is 20.3 Å². The highest BCUT2D eigenvalue weighted by Crippen LogP contribution is 2.20. The Morgan fingerprint density at radius 3 is 2.61 bits per heavy atom. The Morgan fingerprint density at radius 1 is 1.39 bits per heavy atom. The highest BCUT2D eigenvalue weighted by molar-refractivity contribution is 7.92. The molecule has 0 aliphatic carbocycles. The van der Waals surface area contributed by atoms with Crippen LogP contribution in [-0.2, 0) is 10.0 Å². The molecule has 0 fully saturated rings. The first-order chi connectivity index (χ1) is 8.31. The number of halogens is 1. The summed E-state index contributed by atoms with van der Waals surface area (Å²) in [6, 6.07) is 4.29. The van der Waals surface area contributed by atoms with E-state index >= 15 is 0 Å². The van der Waals surface area contributed by atoms with Crippen molar-refractivity contribution in [3.63, 3.8) is 0 Å². The number of rotatable bonds is 6. The van der Waals surface area contributed by atoms with Gasteiger partial charge in [0.15, 0.2) is 0 Å². The molecule has 4 nitrogen and oxygen atoms in total. The van der Waals surface area contributed by atoms with Crippen LogP contribution in [-0.4, -0.2) is 21.2 Å². The van der Waals surface area contributed by atoms with E-state index in [2.05, 4.69) is 23.9 Å². The molecule has 0 bridgehead atoms. The number of nitrogens with one attached hydrogen (secondary N) is 2. The molecule has 18 heavy (non-hydrogen) atoms. The predicted octanol–water partition coefficient (Wildman–Crippen LogP) is 2.66. The van der Waals surface area contributed by atoms with Gasteiger partial charge in [0.25, 0.3) is 0 Å². The van der Waals surface area contributed by atoms with Crippen LogP contribution in [0.15, 0.2) is 18.2 Å². The monoisotopic (exact) mass is 274 g/mol. The van der Waals surface area contributed by atoms with Gasteiger partial charge in [-0.05, 0) is 24.1 Å². The zero-order valence-corrected chi connectivity index (χ0v) is 11.6. The fraction of sp³-hybridized carbons (Fsp3) is 0.500. The standard InChI is InChI=1S/C12H19FN2O2S/c1-4-9(2)8-14-10-5-6-11(13)12(7-10)15-18(3,16)17/h5-7,9,14-15H,4,8H2,1-3H3. The van der Waals surface area contributed by atoms with Gasteiger partial charge in [-0.1, -0.05) is 20.3 Å². The molecule has 0 spiro atoms. The number of hydrogen-bond acceptors (Lipinski definition) is 3. The zero-order valence-electron chi connectivity index (χ0n) is 10.8. The van der Waals surface area contributed by atoms with Crippen LogP contribution in [0.3, 0.4) is 0 Å². The van der Waals surface area contributed by atoms with Crippen molar-refractivity contribution in [3.8, 4) is 0 Å². The van der Waals surface area contributed by atoms with Crippen LogP contribution in [0.2, 0.25) is 0 Å². The smallest absolute Gasteiger partial charge is 0.229 e. The third kappa shape index (κ3) is 4.91. The molecule has 0 saturated carbocycles. The molecular formula is C12H19FN2O2S.